The second kappa shape index (κ2) is 5.02. The molecule has 0 unspecified atom stereocenters. The van der Waals surface area contributed by atoms with Gasteiger partial charge in [0.1, 0.15) is 6.10 Å². The molecule has 1 aromatic carbocycles. The van der Waals surface area contributed by atoms with Crippen molar-refractivity contribution in [3.05, 3.63) is 41.1 Å². The molecule has 1 aliphatic heterocycles. The first kappa shape index (κ1) is 13.6. The Kier molecular flexibility index (Phi) is 3.11. The molecule has 22 heavy (non-hydrogen) atoms. The van der Waals surface area contributed by atoms with Gasteiger partial charge in [0.25, 0.3) is 5.91 Å². The molecule has 0 N–H and O–H groups in total. The van der Waals surface area contributed by atoms with Crippen molar-refractivity contribution in [2.24, 2.45) is 0 Å². The Balaban J connectivity index is 1.75. The lowest BCUT2D eigenvalue weighted by Gasteiger charge is -2.33. The van der Waals surface area contributed by atoms with E-state index in [9.17, 15) is 4.79 Å². The monoisotopic (exact) mass is 318 g/mol. The van der Waals surface area contributed by atoms with Crippen molar-refractivity contribution in [3.8, 4) is 5.75 Å². The highest BCUT2D eigenvalue weighted by Crippen LogP contribution is 2.43. The average Bonchev–Trinajstić information content (AvgIpc) is 3.24. The fourth-order valence-corrected chi connectivity index (χ4v) is 3.01. The Bertz CT molecular complexity index is 739. The molecular weight excluding hydrogens is 304 g/mol. The van der Waals surface area contributed by atoms with E-state index >= 15 is 0 Å². The molecule has 5 nitrogen and oxygen atoms in total. The number of carbonyl (C=O) groups is 1. The van der Waals surface area contributed by atoms with Crippen LogP contribution in [0.1, 0.15) is 41.9 Å². The van der Waals surface area contributed by atoms with Crippen LogP contribution in [0.3, 0.4) is 0 Å². The third-order valence-corrected chi connectivity index (χ3v) is 4.29. The number of fused-ring (bicyclic) bond motifs is 1. The van der Waals surface area contributed by atoms with Gasteiger partial charge in [-0.05, 0) is 31.9 Å². The van der Waals surface area contributed by atoms with Crippen LogP contribution < -0.4 is 9.64 Å². The van der Waals surface area contributed by atoms with Gasteiger partial charge in [-0.2, -0.15) is 0 Å². The van der Waals surface area contributed by atoms with Crippen molar-refractivity contribution in [2.45, 2.75) is 31.8 Å². The zero-order chi connectivity index (χ0) is 15.3. The summed E-state index contributed by atoms with van der Waals surface area (Å²) in [4.78, 5) is 18.8. The Morgan fingerprint density at radius 3 is 3.00 bits per heavy atom. The minimum atomic E-state index is -0.182. The zero-order valence-corrected chi connectivity index (χ0v) is 12.8. The Labute approximate surface area is 132 Å². The molecule has 0 saturated heterocycles. The highest BCUT2D eigenvalue weighted by atomic mass is 35.5. The summed E-state index contributed by atoms with van der Waals surface area (Å²) in [5, 5.41) is 0.502. The lowest BCUT2D eigenvalue weighted by Crippen LogP contribution is -2.42. The van der Waals surface area contributed by atoms with E-state index in [2.05, 4.69) is 4.98 Å². The number of ether oxygens (including phenoxy) is 1. The van der Waals surface area contributed by atoms with E-state index in [1.54, 1.807) is 11.0 Å². The minimum Gasteiger partial charge on any atom is -0.485 e. The van der Waals surface area contributed by atoms with Crippen molar-refractivity contribution in [3.63, 3.8) is 0 Å². The van der Waals surface area contributed by atoms with E-state index in [0.29, 0.717) is 34.7 Å². The number of anilines is 1. The predicted octanol–water partition coefficient (Wildman–Crippen LogP) is 3.63. The number of oxazole rings is 1. The van der Waals surface area contributed by atoms with Crippen molar-refractivity contribution in [1.29, 1.82) is 0 Å². The molecule has 6 heteroatoms. The smallest absolute Gasteiger partial charge is 0.296 e. The number of para-hydroxylation sites is 1. The van der Waals surface area contributed by atoms with Gasteiger partial charge in [0.15, 0.2) is 12.1 Å². The summed E-state index contributed by atoms with van der Waals surface area (Å²) < 4.78 is 11.2. The third-order valence-electron chi connectivity index (χ3n) is 3.99. The summed E-state index contributed by atoms with van der Waals surface area (Å²) in [6.45, 7) is 2.37. The molecule has 1 fully saturated rings. The van der Waals surface area contributed by atoms with E-state index in [1.165, 1.54) is 6.39 Å². The first-order valence-corrected chi connectivity index (χ1v) is 7.73. The largest absolute Gasteiger partial charge is 0.485 e. The van der Waals surface area contributed by atoms with Gasteiger partial charge in [-0.15, -0.1) is 0 Å². The number of hydrogen-bond acceptors (Lipinski definition) is 4. The summed E-state index contributed by atoms with van der Waals surface area (Å²) in [5.41, 5.74) is 1.45. The number of carbonyl (C=O) groups excluding carboxylic acids is 1. The summed E-state index contributed by atoms with van der Waals surface area (Å²) in [6, 6.07) is 5.40. The van der Waals surface area contributed by atoms with Crippen LogP contribution in [0.25, 0.3) is 0 Å². The quantitative estimate of drug-likeness (QED) is 0.848. The molecule has 1 aromatic heterocycles. The standard InChI is InChI=1S/C16H15ClN2O3/c1-9-7-19(12-4-2-3-11(17)14(12)22-9)16(20)15-13(10-5-6-10)18-8-21-15/h2-4,8-10H,5-7H2,1H3/t9-/m1/s1. The van der Waals surface area contributed by atoms with Gasteiger partial charge >= 0.3 is 0 Å². The topological polar surface area (TPSA) is 55.6 Å². The highest BCUT2D eigenvalue weighted by Gasteiger charge is 2.36. The van der Waals surface area contributed by atoms with Crippen LogP contribution in [0.5, 0.6) is 5.75 Å². The second-order valence-corrected chi connectivity index (χ2v) is 6.18. The molecule has 4 rings (SSSR count). The zero-order valence-electron chi connectivity index (χ0n) is 12.1. The molecule has 1 amide bonds. The van der Waals surface area contributed by atoms with E-state index in [4.69, 9.17) is 20.8 Å². The summed E-state index contributed by atoms with van der Waals surface area (Å²) in [5.74, 6) is 1.05. The molecule has 0 radical (unpaired) electrons. The molecule has 2 heterocycles. The minimum absolute atomic E-state index is 0.136. The van der Waals surface area contributed by atoms with Gasteiger partial charge in [-0.25, -0.2) is 4.98 Å². The van der Waals surface area contributed by atoms with Crippen LogP contribution in [0.2, 0.25) is 5.02 Å². The van der Waals surface area contributed by atoms with E-state index in [-0.39, 0.29) is 12.0 Å². The van der Waals surface area contributed by atoms with E-state index < -0.39 is 0 Å². The van der Waals surface area contributed by atoms with Crippen molar-refractivity contribution >= 4 is 23.2 Å². The average molecular weight is 319 g/mol. The third kappa shape index (κ3) is 2.16. The predicted molar refractivity (Wildman–Crippen MR) is 81.7 cm³/mol. The highest BCUT2D eigenvalue weighted by molar-refractivity contribution is 6.32. The Morgan fingerprint density at radius 2 is 2.23 bits per heavy atom. The van der Waals surface area contributed by atoms with Crippen LogP contribution in [0.15, 0.2) is 29.0 Å². The van der Waals surface area contributed by atoms with Gasteiger partial charge in [-0.3, -0.25) is 9.69 Å². The van der Waals surface area contributed by atoms with E-state index in [0.717, 1.165) is 18.5 Å². The number of halogens is 1. The molecule has 0 bridgehead atoms. The maximum absolute atomic E-state index is 12.9. The number of benzene rings is 1. The van der Waals surface area contributed by atoms with Gasteiger partial charge in [0, 0.05) is 5.92 Å². The van der Waals surface area contributed by atoms with E-state index in [1.807, 2.05) is 19.1 Å². The lowest BCUT2D eigenvalue weighted by molar-refractivity contribution is 0.0933. The number of amides is 1. The van der Waals surface area contributed by atoms with Crippen molar-refractivity contribution in [1.82, 2.24) is 4.98 Å². The first-order chi connectivity index (χ1) is 10.6. The van der Waals surface area contributed by atoms with Gasteiger partial charge < -0.3 is 9.15 Å². The molecule has 1 saturated carbocycles. The number of nitrogens with zero attached hydrogens (tertiary/aromatic N) is 2. The Hall–Kier alpha value is -2.01. The number of hydrogen-bond donors (Lipinski definition) is 0. The first-order valence-electron chi connectivity index (χ1n) is 7.35. The van der Waals surface area contributed by atoms with Crippen LogP contribution in [0, 0.1) is 0 Å². The number of aromatic nitrogens is 1. The summed E-state index contributed by atoms with van der Waals surface area (Å²) in [6.07, 6.45) is 3.34. The SMILES string of the molecule is C[C@@H]1CN(C(=O)c2ocnc2C2CC2)c2cccc(Cl)c2O1. The molecule has 1 atom stereocenters. The normalized spacial score (nSPS) is 20.5. The lowest BCUT2D eigenvalue weighted by atomic mass is 10.1. The number of rotatable bonds is 2. The maximum Gasteiger partial charge on any atom is 0.296 e. The molecule has 0 spiro atoms. The van der Waals surface area contributed by atoms with Crippen molar-refractivity contribution < 1.29 is 13.9 Å². The summed E-state index contributed by atoms with van der Waals surface area (Å²) in [7, 11) is 0. The van der Waals surface area contributed by atoms with Gasteiger partial charge in [0.05, 0.1) is 22.9 Å². The molecule has 2 aromatic rings. The molecular formula is C16H15ClN2O3. The molecule has 2 aliphatic rings. The van der Waals surface area contributed by atoms with Crippen LogP contribution in [-0.2, 0) is 0 Å². The maximum atomic E-state index is 12.9. The fraction of sp³-hybridized carbons (Fsp3) is 0.375. The van der Waals surface area contributed by atoms with Crippen LogP contribution in [0.4, 0.5) is 5.69 Å². The van der Waals surface area contributed by atoms with Crippen LogP contribution >= 0.6 is 11.6 Å². The fourth-order valence-electron chi connectivity index (χ4n) is 2.80. The van der Waals surface area contributed by atoms with Crippen LogP contribution in [-0.4, -0.2) is 23.5 Å². The Morgan fingerprint density at radius 1 is 1.41 bits per heavy atom. The van der Waals surface area contributed by atoms with Gasteiger partial charge in [0.2, 0.25) is 5.76 Å². The second-order valence-electron chi connectivity index (χ2n) is 5.77. The van der Waals surface area contributed by atoms with Gasteiger partial charge in [-0.1, -0.05) is 17.7 Å². The summed E-state index contributed by atoms with van der Waals surface area (Å²) >= 11 is 6.20. The van der Waals surface area contributed by atoms with Crippen molar-refractivity contribution in [2.75, 3.05) is 11.4 Å². The molecule has 114 valence electrons. The molecule has 1 aliphatic carbocycles.